The highest BCUT2D eigenvalue weighted by Gasteiger charge is 2.19. The van der Waals surface area contributed by atoms with Crippen LogP contribution in [-0.4, -0.2) is 104 Å². The van der Waals surface area contributed by atoms with Crippen molar-refractivity contribution in [3.05, 3.63) is 76.2 Å². The molecule has 0 spiro atoms. The molecular weight excluding hydrogens is 763 g/mol. The molecule has 15 nitrogen and oxygen atoms in total. The average Bonchev–Trinajstić information content (AvgIpc) is 4.08. The van der Waals surface area contributed by atoms with Gasteiger partial charge in [-0.05, 0) is 48.9 Å². The second-order valence-corrected chi connectivity index (χ2v) is 14.0. The van der Waals surface area contributed by atoms with Crippen molar-refractivity contribution in [2.45, 2.75) is 72.8 Å². The number of hydrogen-bond acceptors (Lipinski definition) is 10. The van der Waals surface area contributed by atoms with Gasteiger partial charge in [0.2, 0.25) is 18.2 Å². The van der Waals surface area contributed by atoms with Crippen LogP contribution in [0.4, 0.5) is 9.59 Å². The Hall–Kier alpha value is -5.77. The summed E-state index contributed by atoms with van der Waals surface area (Å²) in [6, 6.07) is 13.5. The molecule has 2 aliphatic heterocycles. The number of aromatic nitrogens is 2. The van der Waals surface area contributed by atoms with E-state index in [4.69, 9.17) is 0 Å². The van der Waals surface area contributed by atoms with E-state index in [-0.39, 0.29) is 30.3 Å². The van der Waals surface area contributed by atoms with E-state index in [0.29, 0.717) is 23.9 Å². The van der Waals surface area contributed by atoms with Gasteiger partial charge < -0.3 is 40.2 Å². The highest BCUT2D eigenvalue weighted by atomic mass is 32.1. The van der Waals surface area contributed by atoms with Crippen molar-refractivity contribution in [3.63, 3.8) is 0 Å². The van der Waals surface area contributed by atoms with Crippen molar-refractivity contribution in [1.29, 1.82) is 0 Å². The molecule has 6 rings (SSSR count). The zero-order chi connectivity index (χ0) is 42.7. The van der Waals surface area contributed by atoms with Crippen molar-refractivity contribution in [2.24, 2.45) is 0 Å². The largest absolute Gasteiger partial charge is 0.453 e. The van der Waals surface area contributed by atoms with Crippen LogP contribution in [0.15, 0.2) is 65.2 Å². The van der Waals surface area contributed by atoms with Crippen molar-refractivity contribution < 1.29 is 33.4 Å². The molecular formula is C42H59N7O8S. The Morgan fingerprint density at radius 2 is 1.29 bits per heavy atom. The number of nitrogens with one attached hydrogen (secondary N) is 4. The fourth-order valence-electron chi connectivity index (χ4n) is 5.47. The summed E-state index contributed by atoms with van der Waals surface area (Å²) in [5.41, 5.74) is 4.50. The zero-order valence-corrected chi connectivity index (χ0v) is 35.4. The summed E-state index contributed by atoms with van der Waals surface area (Å²) in [5, 5.41) is 9.96. The minimum Gasteiger partial charge on any atom is -0.453 e. The lowest BCUT2D eigenvalue weighted by Gasteiger charge is -2.14. The summed E-state index contributed by atoms with van der Waals surface area (Å²) in [5.74, 6) is -0.0780. The summed E-state index contributed by atoms with van der Waals surface area (Å²) >= 11 is 1.55. The Balaban J connectivity index is 0.000000306. The van der Waals surface area contributed by atoms with Gasteiger partial charge in [0.1, 0.15) is 13.1 Å². The number of hydrogen-bond donors (Lipinski definition) is 4. The number of rotatable bonds is 9. The number of fused-ring (bicyclic) bond motifs is 1. The van der Waals surface area contributed by atoms with Crippen LogP contribution >= 0.6 is 11.3 Å². The molecule has 0 atom stereocenters. The molecule has 0 aliphatic carbocycles. The predicted molar refractivity (Wildman–Crippen MR) is 228 cm³/mol. The van der Waals surface area contributed by atoms with Crippen molar-refractivity contribution >= 4 is 51.8 Å². The Bertz CT molecular complexity index is 1840. The van der Waals surface area contributed by atoms with Crippen LogP contribution in [0.3, 0.4) is 0 Å². The van der Waals surface area contributed by atoms with Crippen molar-refractivity contribution in [3.8, 4) is 22.4 Å². The van der Waals surface area contributed by atoms with Crippen LogP contribution in [0.5, 0.6) is 0 Å². The lowest BCUT2D eigenvalue weighted by atomic mass is 10.0. The van der Waals surface area contributed by atoms with E-state index < -0.39 is 12.2 Å². The van der Waals surface area contributed by atoms with Crippen molar-refractivity contribution in [2.75, 3.05) is 53.5 Å². The molecule has 16 heteroatoms. The number of carbonyl (C=O) groups is 5. The van der Waals surface area contributed by atoms with E-state index in [2.05, 4.69) is 63.1 Å². The highest BCUT2D eigenvalue weighted by molar-refractivity contribution is 7.16. The smallest absolute Gasteiger partial charge is 0.407 e. The van der Waals surface area contributed by atoms with Crippen LogP contribution in [0.1, 0.15) is 71.8 Å². The van der Waals surface area contributed by atoms with E-state index in [9.17, 15) is 28.8 Å². The first kappa shape index (κ1) is 48.4. The summed E-state index contributed by atoms with van der Waals surface area (Å²) < 4.78 is 9.63. The second-order valence-electron chi connectivity index (χ2n) is 13.1. The number of aromatic amines is 1. The monoisotopic (exact) mass is 821 g/mol. The lowest BCUT2D eigenvalue weighted by Crippen LogP contribution is -2.38. The quantitative estimate of drug-likeness (QED) is 0.140. The highest BCUT2D eigenvalue weighted by Crippen LogP contribution is 2.27. The minimum absolute atomic E-state index is 0.0219. The molecule has 58 heavy (non-hydrogen) atoms. The summed E-state index contributed by atoms with van der Waals surface area (Å²) in [6.45, 7) is 12.3. The van der Waals surface area contributed by atoms with Crippen LogP contribution < -0.4 is 21.4 Å². The number of H-pyrrole nitrogens is 1. The van der Waals surface area contributed by atoms with E-state index in [1.165, 1.54) is 27.1 Å². The molecule has 4 heterocycles. The predicted octanol–water partition coefficient (Wildman–Crippen LogP) is 6.33. The first-order chi connectivity index (χ1) is 28.1. The molecule has 0 saturated carbocycles. The number of likely N-dealkylation sites (tertiary alicyclic amines) is 2. The number of amides is 5. The standard InChI is InChI=1S/C20H15N3O2S.2C8H14N2O3.2C3H8/c24-12-22-8-13-1-3-14(4-2-13)17-10-26-19-7-15(18-9-21-11-23-18)5-6-16(19)20(17)25;2*1-13-8(12)9-6-7(11)10-4-2-3-5-10;2*1-3-2/h1-7,9-12H,8H2,(H,21,23)(H,22,24);2*2-6H2,1H3,(H,9,12);2*3H2,1-2H3. The molecule has 0 unspecified atom stereocenters. The number of benzene rings is 2. The summed E-state index contributed by atoms with van der Waals surface area (Å²) in [7, 11) is 2.55. The molecule has 2 aromatic heterocycles. The van der Waals surface area contributed by atoms with Gasteiger partial charge in [0.25, 0.3) is 0 Å². The molecule has 5 amide bonds. The maximum Gasteiger partial charge on any atom is 0.407 e. The summed E-state index contributed by atoms with van der Waals surface area (Å²) in [4.78, 5) is 77.8. The van der Waals surface area contributed by atoms with Crippen LogP contribution in [0.2, 0.25) is 0 Å². The number of carbonyl (C=O) groups excluding carboxylic acids is 5. The molecule has 2 saturated heterocycles. The van der Waals surface area contributed by atoms with Crippen LogP contribution in [0, 0.1) is 0 Å². The van der Waals surface area contributed by atoms with Gasteiger partial charge in [-0.1, -0.05) is 70.9 Å². The van der Waals surface area contributed by atoms with Gasteiger partial charge in [0.15, 0.2) is 5.43 Å². The molecule has 2 aliphatic rings. The van der Waals surface area contributed by atoms with E-state index in [0.717, 1.165) is 78.9 Å². The van der Waals surface area contributed by atoms with Crippen LogP contribution in [0.25, 0.3) is 32.5 Å². The second kappa shape index (κ2) is 27.8. The number of ether oxygens (including phenoxy) is 2. The lowest BCUT2D eigenvalue weighted by molar-refractivity contribution is -0.129. The molecule has 4 N–H and O–H groups in total. The number of methoxy groups -OCH3 is 2. The maximum absolute atomic E-state index is 12.9. The third-order valence-corrected chi connectivity index (χ3v) is 9.24. The molecule has 2 aromatic carbocycles. The first-order valence-electron chi connectivity index (χ1n) is 19.6. The Morgan fingerprint density at radius 3 is 1.74 bits per heavy atom. The normalized spacial score (nSPS) is 12.4. The number of imidazole rings is 1. The van der Waals surface area contributed by atoms with Gasteiger partial charge in [-0.2, -0.15) is 0 Å². The van der Waals surface area contributed by atoms with E-state index >= 15 is 0 Å². The average molecular weight is 822 g/mol. The Kier molecular flexibility index (Phi) is 23.2. The Labute approximate surface area is 344 Å². The topological polar surface area (TPSA) is 192 Å². The summed E-state index contributed by atoms with van der Waals surface area (Å²) in [6.07, 6.45) is 9.69. The Morgan fingerprint density at radius 1 is 0.793 bits per heavy atom. The molecule has 0 bridgehead atoms. The van der Waals surface area contributed by atoms with Gasteiger partial charge in [0.05, 0.1) is 32.4 Å². The minimum atomic E-state index is -0.562. The zero-order valence-electron chi connectivity index (χ0n) is 34.6. The van der Waals surface area contributed by atoms with Crippen molar-refractivity contribution in [1.82, 2.24) is 35.7 Å². The van der Waals surface area contributed by atoms with E-state index in [1.54, 1.807) is 33.7 Å². The molecule has 2 fully saturated rings. The van der Waals surface area contributed by atoms with E-state index in [1.807, 2.05) is 47.8 Å². The molecule has 316 valence electrons. The van der Waals surface area contributed by atoms with Gasteiger partial charge >= 0.3 is 12.2 Å². The molecule has 4 aromatic rings. The van der Waals surface area contributed by atoms with Gasteiger partial charge in [0, 0.05) is 59.3 Å². The van der Waals surface area contributed by atoms with Gasteiger partial charge in [-0.15, -0.1) is 11.3 Å². The first-order valence-corrected chi connectivity index (χ1v) is 20.4. The third kappa shape index (κ3) is 16.8. The maximum atomic E-state index is 12.9. The fraction of sp³-hybridized carbons (Fsp3) is 0.452. The fourth-order valence-corrected chi connectivity index (χ4v) is 6.44. The van der Waals surface area contributed by atoms with Gasteiger partial charge in [-0.3, -0.25) is 19.2 Å². The molecule has 0 radical (unpaired) electrons. The number of nitrogens with zero attached hydrogens (tertiary/aromatic N) is 3. The van der Waals surface area contributed by atoms with Gasteiger partial charge in [-0.25, -0.2) is 14.6 Å². The van der Waals surface area contributed by atoms with Crippen LogP contribution in [-0.2, 0) is 30.4 Å². The SMILES string of the molecule is CCC.CCC.COC(=O)NCC(=O)N1CCCC1.COC(=O)NCC(=O)N1CCCC1.O=CNCc1ccc(-c2csc3cc(-c4cnc[nH]4)ccc3c2=O)cc1. The third-order valence-electron chi connectivity index (χ3n) is 8.29. The number of alkyl carbamates (subject to hydrolysis) is 2.